The van der Waals surface area contributed by atoms with Crippen molar-refractivity contribution in [2.24, 2.45) is 0 Å². The van der Waals surface area contributed by atoms with Gasteiger partial charge in [0.05, 0.1) is 10.9 Å². The summed E-state index contributed by atoms with van der Waals surface area (Å²) in [7, 11) is 0. The Morgan fingerprint density at radius 3 is 2.45 bits per heavy atom. The summed E-state index contributed by atoms with van der Waals surface area (Å²) in [5, 5.41) is 0.612. The molecular weight excluding hydrogens is 272 g/mol. The van der Waals surface area contributed by atoms with Gasteiger partial charge >= 0.3 is 0 Å². The van der Waals surface area contributed by atoms with Crippen molar-refractivity contribution in [1.82, 2.24) is 9.97 Å². The summed E-state index contributed by atoms with van der Waals surface area (Å²) in [6.07, 6.45) is 3.79. The van der Waals surface area contributed by atoms with E-state index < -0.39 is 0 Å². The number of aromatic nitrogens is 2. The van der Waals surface area contributed by atoms with Gasteiger partial charge in [-0.3, -0.25) is 4.79 Å². The molecule has 1 aromatic heterocycles. The highest BCUT2D eigenvalue weighted by atomic mass is 16.1. The van der Waals surface area contributed by atoms with Crippen molar-refractivity contribution in [3.05, 3.63) is 75.8 Å². The van der Waals surface area contributed by atoms with Crippen molar-refractivity contribution in [2.45, 2.75) is 19.8 Å². The van der Waals surface area contributed by atoms with Crippen molar-refractivity contribution in [2.75, 3.05) is 0 Å². The Bertz CT molecular complexity index is 874. The number of hydrogen-bond acceptors (Lipinski definition) is 2. The standard InChI is InChI=1S/C19H18N2O/c1-13(2)15-10-7-14(8-11-15)9-12-18-20-17-6-4-3-5-16(17)19(22)21-18/h3-13H,1-2H3,(H,20,21,22)/b12-9+. The SMILES string of the molecule is CC(C)c1ccc(/C=C/c2nc3ccccc3c(=O)[nH]2)cc1. The molecular formula is C19H18N2O. The Balaban J connectivity index is 1.90. The molecule has 22 heavy (non-hydrogen) atoms. The highest BCUT2D eigenvalue weighted by molar-refractivity contribution is 5.78. The van der Waals surface area contributed by atoms with Gasteiger partial charge in [0.1, 0.15) is 5.82 Å². The maximum Gasteiger partial charge on any atom is 0.259 e. The van der Waals surface area contributed by atoms with Crippen LogP contribution in [0.25, 0.3) is 23.1 Å². The number of nitrogens with one attached hydrogen (secondary N) is 1. The zero-order valence-corrected chi connectivity index (χ0v) is 12.7. The number of benzene rings is 2. The van der Waals surface area contributed by atoms with Crippen molar-refractivity contribution >= 4 is 23.1 Å². The maximum absolute atomic E-state index is 12.0. The number of fused-ring (bicyclic) bond motifs is 1. The molecule has 0 radical (unpaired) electrons. The molecule has 0 aliphatic carbocycles. The van der Waals surface area contributed by atoms with E-state index in [9.17, 15) is 4.79 Å². The van der Waals surface area contributed by atoms with Crippen molar-refractivity contribution in [3.63, 3.8) is 0 Å². The Labute approximate surface area is 129 Å². The van der Waals surface area contributed by atoms with Crippen LogP contribution in [0.15, 0.2) is 53.3 Å². The van der Waals surface area contributed by atoms with E-state index >= 15 is 0 Å². The van der Waals surface area contributed by atoms with E-state index in [4.69, 9.17) is 0 Å². The van der Waals surface area contributed by atoms with Crippen LogP contribution in [0.3, 0.4) is 0 Å². The fourth-order valence-electron chi connectivity index (χ4n) is 2.35. The molecule has 3 nitrogen and oxygen atoms in total. The fourth-order valence-corrected chi connectivity index (χ4v) is 2.35. The van der Waals surface area contributed by atoms with Crippen LogP contribution in [-0.4, -0.2) is 9.97 Å². The molecule has 110 valence electrons. The molecule has 0 bridgehead atoms. The van der Waals surface area contributed by atoms with Gasteiger partial charge in [-0.25, -0.2) is 4.98 Å². The van der Waals surface area contributed by atoms with E-state index in [1.54, 1.807) is 6.07 Å². The molecule has 0 spiro atoms. The first kappa shape index (κ1) is 14.3. The molecule has 2 aromatic carbocycles. The normalized spacial score (nSPS) is 11.6. The quantitative estimate of drug-likeness (QED) is 0.785. The molecule has 3 heteroatoms. The molecule has 0 atom stereocenters. The number of rotatable bonds is 3. The average Bonchev–Trinajstić information content (AvgIpc) is 2.53. The van der Waals surface area contributed by atoms with Gasteiger partial charge < -0.3 is 4.98 Å². The van der Waals surface area contributed by atoms with Crippen LogP contribution < -0.4 is 5.56 Å². The third kappa shape index (κ3) is 2.98. The third-order valence-electron chi connectivity index (χ3n) is 3.67. The number of aromatic amines is 1. The van der Waals surface area contributed by atoms with E-state index in [0.717, 1.165) is 5.56 Å². The molecule has 1 N–H and O–H groups in total. The molecule has 0 amide bonds. The Morgan fingerprint density at radius 2 is 1.73 bits per heavy atom. The van der Waals surface area contributed by atoms with Gasteiger partial charge in [0.15, 0.2) is 0 Å². The second-order valence-electron chi connectivity index (χ2n) is 5.62. The number of H-pyrrole nitrogens is 1. The van der Waals surface area contributed by atoms with Gasteiger partial charge in [-0.05, 0) is 35.3 Å². The average molecular weight is 290 g/mol. The van der Waals surface area contributed by atoms with Crippen molar-refractivity contribution < 1.29 is 0 Å². The minimum Gasteiger partial charge on any atom is -0.306 e. The fraction of sp³-hybridized carbons (Fsp3) is 0.158. The lowest BCUT2D eigenvalue weighted by Gasteiger charge is -2.04. The monoisotopic (exact) mass is 290 g/mol. The summed E-state index contributed by atoms with van der Waals surface area (Å²) in [6.45, 7) is 4.35. The molecule has 0 saturated heterocycles. The van der Waals surface area contributed by atoms with Gasteiger partial charge in [0.25, 0.3) is 5.56 Å². The van der Waals surface area contributed by atoms with Crippen LogP contribution in [0.4, 0.5) is 0 Å². The van der Waals surface area contributed by atoms with Crippen LogP contribution in [0.5, 0.6) is 0 Å². The second kappa shape index (κ2) is 5.98. The molecule has 0 aliphatic heterocycles. The smallest absolute Gasteiger partial charge is 0.259 e. The van der Waals surface area contributed by atoms with Gasteiger partial charge in [-0.15, -0.1) is 0 Å². The minimum absolute atomic E-state index is 0.111. The summed E-state index contributed by atoms with van der Waals surface area (Å²) in [5.41, 5.74) is 3.00. The largest absolute Gasteiger partial charge is 0.306 e. The zero-order valence-electron chi connectivity index (χ0n) is 12.7. The second-order valence-corrected chi connectivity index (χ2v) is 5.62. The lowest BCUT2D eigenvalue weighted by atomic mass is 10.0. The first-order valence-corrected chi connectivity index (χ1v) is 7.40. The van der Waals surface area contributed by atoms with E-state index in [-0.39, 0.29) is 5.56 Å². The van der Waals surface area contributed by atoms with Gasteiger partial charge in [-0.1, -0.05) is 56.3 Å². The Morgan fingerprint density at radius 1 is 1.00 bits per heavy atom. The van der Waals surface area contributed by atoms with Crippen LogP contribution in [-0.2, 0) is 0 Å². The zero-order chi connectivity index (χ0) is 15.5. The Hall–Kier alpha value is -2.68. The van der Waals surface area contributed by atoms with E-state index in [0.29, 0.717) is 22.6 Å². The van der Waals surface area contributed by atoms with E-state index in [1.165, 1.54) is 5.56 Å². The maximum atomic E-state index is 12.0. The van der Waals surface area contributed by atoms with Crippen LogP contribution >= 0.6 is 0 Å². The minimum atomic E-state index is -0.111. The highest BCUT2D eigenvalue weighted by Crippen LogP contribution is 2.16. The predicted molar refractivity (Wildman–Crippen MR) is 91.8 cm³/mol. The lowest BCUT2D eigenvalue weighted by molar-refractivity contribution is 0.866. The first-order chi connectivity index (χ1) is 10.6. The molecule has 0 aliphatic rings. The summed E-state index contributed by atoms with van der Waals surface area (Å²) in [4.78, 5) is 19.3. The lowest BCUT2D eigenvalue weighted by Crippen LogP contribution is -2.09. The van der Waals surface area contributed by atoms with Gasteiger partial charge in [0.2, 0.25) is 0 Å². The number of hydrogen-bond donors (Lipinski definition) is 1. The number of nitrogens with zero attached hydrogens (tertiary/aromatic N) is 1. The molecule has 0 fully saturated rings. The first-order valence-electron chi connectivity index (χ1n) is 7.40. The highest BCUT2D eigenvalue weighted by Gasteiger charge is 2.01. The summed E-state index contributed by atoms with van der Waals surface area (Å²) >= 11 is 0. The molecule has 0 unspecified atom stereocenters. The topological polar surface area (TPSA) is 45.8 Å². The molecule has 1 heterocycles. The molecule has 3 aromatic rings. The van der Waals surface area contributed by atoms with Gasteiger partial charge in [-0.2, -0.15) is 0 Å². The third-order valence-corrected chi connectivity index (χ3v) is 3.67. The summed E-state index contributed by atoms with van der Waals surface area (Å²) in [6, 6.07) is 15.7. The van der Waals surface area contributed by atoms with Crippen molar-refractivity contribution in [3.8, 4) is 0 Å². The van der Waals surface area contributed by atoms with Crippen LogP contribution in [0, 0.1) is 0 Å². The predicted octanol–water partition coefficient (Wildman–Crippen LogP) is 4.22. The summed E-state index contributed by atoms with van der Waals surface area (Å²) < 4.78 is 0. The summed E-state index contributed by atoms with van der Waals surface area (Å²) in [5.74, 6) is 1.09. The van der Waals surface area contributed by atoms with Gasteiger partial charge in [0, 0.05) is 0 Å². The van der Waals surface area contributed by atoms with Crippen LogP contribution in [0.2, 0.25) is 0 Å². The van der Waals surface area contributed by atoms with Crippen LogP contribution in [0.1, 0.15) is 36.7 Å². The van der Waals surface area contributed by atoms with E-state index in [2.05, 4.69) is 48.1 Å². The van der Waals surface area contributed by atoms with Crippen molar-refractivity contribution in [1.29, 1.82) is 0 Å². The molecule has 3 rings (SSSR count). The number of para-hydroxylation sites is 1. The van der Waals surface area contributed by atoms with E-state index in [1.807, 2.05) is 30.4 Å². The molecule has 0 saturated carbocycles. The Kier molecular flexibility index (Phi) is 3.88.